The Hall–Kier alpha value is -3.83. The molecule has 2 heterocycles. The molecule has 0 saturated carbocycles. The van der Waals surface area contributed by atoms with Gasteiger partial charge in [0.2, 0.25) is 5.13 Å². The van der Waals surface area contributed by atoms with Crippen molar-refractivity contribution in [1.82, 2.24) is 10.2 Å². The summed E-state index contributed by atoms with van der Waals surface area (Å²) in [6.45, 7) is 6.12. The fourth-order valence-electron chi connectivity index (χ4n) is 4.45. The predicted octanol–water partition coefficient (Wildman–Crippen LogP) is 7.73. The van der Waals surface area contributed by atoms with Gasteiger partial charge in [0.05, 0.1) is 18.2 Å². The largest absolute Gasteiger partial charge is 0.507 e. The van der Waals surface area contributed by atoms with E-state index in [0.717, 1.165) is 16.9 Å². The van der Waals surface area contributed by atoms with Crippen molar-refractivity contribution in [2.75, 3.05) is 18.1 Å². The average Bonchev–Trinajstić information content (AvgIpc) is 3.58. The lowest BCUT2D eigenvalue weighted by Gasteiger charge is -2.23. The highest BCUT2D eigenvalue weighted by Crippen LogP contribution is 2.46. The number of ketones is 1. The Bertz CT molecular complexity index is 1710. The highest BCUT2D eigenvalue weighted by Gasteiger charge is 2.48. The molecule has 1 aromatic heterocycles. The van der Waals surface area contributed by atoms with Crippen LogP contribution in [-0.2, 0) is 15.3 Å². The Balaban J connectivity index is 1.58. The van der Waals surface area contributed by atoms with E-state index in [2.05, 4.69) is 16.8 Å². The van der Waals surface area contributed by atoms with Gasteiger partial charge in [0, 0.05) is 21.4 Å². The van der Waals surface area contributed by atoms with Gasteiger partial charge in [0.25, 0.3) is 5.78 Å². The van der Waals surface area contributed by atoms with Crippen LogP contribution < -0.4 is 14.4 Å². The van der Waals surface area contributed by atoms with Crippen LogP contribution in [0.2, 0.25) is 10.0 Å². The number of hydrogen-bond donors (Lipinski definition) is 1. The van der Waals surface area contributed by atoms with Crippen molar-refractivity contribution in [3.8, 4) is 11.5 Å². The molecule has 1 amide bonds. The lowest BCUT2D eigenvalue weighted by atomic mass is 9.95. The Kier molecular flexibility index (Phi) is 9.72. The minimum atomic E-state index is -1.03. The molecule has 1 fully saturated rings. The maximum atomic E-state index is 13.6. The van der Waals surface area contributed by atoms with Crippen LogP contribution in [0.4, 0.5) is 5.13 Å². The molecule has 1 atom stereocenters. The first kappa shape index (κ1) is 30.6. The Labute approximate surface area is 266 Å². The maximum Gasteiger partial charge on any atom is 0.301 e. The number of hydrogen-bond acceptors (Lipinski definition) is 9. The number of Topliss-reactive ketones (excluding diaryl/α,β-unsaturated/α-hetero) is 1. The van der Waals surface area contributed by atoms with Crippen molar-refractivity contribution in [2.45, 2.75) is 23.1 Å². The number of rotatable bonds is 11. The van der Waals surface area contributed by atoms with E-state index in [-0.39, 0.29) is 23.1 Å². The smallest absolute Gasteiger partial charge is 0.301 e. The van der Waals surface area contributed by atoms with Crippen LogP contribution in [0.15, 0.2) is 89.3 Å². The number of nitrogens with zero attached hydrogens (tertiary/aromatic N) is 3. The number of benzene rings is 3. The van der Waals surface area contributed by atoms with Crippen LogP contribution >= 0.6 is 46.3 Å². The van der Waals surface area contributed by atoms with Gasteiger partial charge in [-0.1, -0.05) is 83.2 Å². The second-order valence-electron chi connectivity index (χ2n) is 9.15. The minimum absolute atomic E-state index is 0.102. The summed E-state index contributed by atoms with van der Waals surface area (Å²) in [5.74, 6) is -0.629. The van der Waals surface area contributed by atoms with Crippen molar-refractivity contribution >= 4 is 68.9 Å². The summed E-state index contributed by atoms with van der Waals surface area (Å²) in [5.41, 5.74) is 1.66. The third-order valence-electron chi connectivity index (χ3n) is 6.41. The SMILES string of the molecule is C=CCOc1ccc(C2/C(=C(\O)c3ccc(Cl)cc3)C(=O)C(=O)N2c2nnc(SCc3ccccc3Cl)s2)cc1OCC. The fraction of sp³-hybridized carbons (Fsp3) is 0.161. The zero-order chi connectivity index (χ0) is 30.5. The van der Waals surface area contributed by atoms with E-state index in [4.69, 9.17) is 32.7 Å². The summed E-state index contributed by atoms with van der Waals surface area (Å²) in [7, 11) is 0. The molecule has 5 rings (SSSR count). The molecular weight excluding hydrogens is 629 g/mol. The van der Waals surface area contributed by atoms with Gasteiger partial charge in [0.1, 0.15) is 12.4 Å². The number of aliphatic hydroxyl groups excluding tert-OH is 1. The van der Waals surface area contributed by atoms with Gasteiger partial charge in [0.15, 0.2) is 15.8 Å². The van der Waals surface area contributed by atoms with Crippen molar-refractivity contribution in [3.05, 3.63) is 112 Å². The van der Waals surface area contributed by atoms with E-state index in [1.807, 2.05) is 31.2 Å². The highest BCUT2D eigenvalue weighted by atomic mass is 35.5. The summed E-state index contributed by atoms with van der Waals surface area (Å²) in [6, 6.07) is 17.9. The topological polar surface area (TPSA) is 102 Å². The number of aliphatic hydroxyl groups is 1. The normalized spacial score (nSPS) is 16.0. The van der Waals surface area contributed by atoms with Crippen LogP contribution in [0.25, 0.3) is 5.76 Å². The first-order valence-electron chi connectivity index (χ1n) is 13.1. The standard InChI is InChI=1S/C31H25Cl2N3O5S2/c1-3-15-41-23-14-11-19(16-24(23)40-4-2)26-25(27(37)18-9-12-21(32)13-10-18)28(38)29(39)36(26)30-34-35-31(43-30)42-17-20-7-5-6-8-22(20)33/h3,5-14,16,26,37H,1,4,15,17H2,2H3/b27-25+. The highest BCUT2D eigenvalue weighted by molar-refractivity contribution is 8.00. The van der Waals surface area contributed by atoms with Gasteiger partial charge < -0.3 is 14.6 Å². The third-order valence-corrected chi connectivity index (χ3v) is 9.14. The number of anilines is 1. The van der Waals surface area contributed by atoms with Crippen LogP contribution in [0.5, 0.6) is 11.5 Å². The van der Waals surface area contributed by atoms with E-state index in [1.54, 1.807) is 48.5 Å². The number of amides is 1. The van der Waals surface area contributed by atoms with Gasteiger partial charge in [-0.25, -0.2) is 0 Å². The summed E-state index contributed by atoms with van der Waals surface area (Å²) in [4.78, 5) is 28.4. The van der Waals surface area contributed by atoms with Crippen LogP contribution in [0.3, 0.4) is 0 Å². The van der Waals surface area contributed by atoms with E-state index in [9.17, 15) is 14.7 Å². The summed E-state index contributed by atoms with van der Waals surface area (Å²) < 4.78 is 12.2. The first-order chi connectivity index (χ1) is 20.8. The molecular formula is C31H25Cl2N3O5S2. The number of ether oxygens (including phenoxy) is 2. The average molecular weight is 655 g/mol. The molecule has 0 bridgehead atoms. The lowest BCUT2D eigenvalue weighted by molar-refractivity contribution is -0.132. The number of carbonyl (C=O) groups is 2. The first-order valence-corrected chi connectivity index (χ1v) is 15.6. The molecule has 1 saturated heterocycles. The third kappa shape index (κ3) is 6.57. The number of aromatic nitrogens is 2. The molecule has 220 valence electrons. The van der Waals surface area contributed by atoms with E-state index in [1.165, 1.54) is 16.7 Å². The Morgan fingerprint density at radius 2 is 1.84 bits per heavy atom. The minimum Gasteiger partial charge on any atom is -0.507 e. The second kappa shape index (κ2) is 13.6. The maximum absolute atomic E-state index is 13.6. The fourth-order valence-corrected chi connectivity index (χ4v) is 6.73. The lowest BCUT2D eigenvalue weighted by Crippen LogP contribution is -2.29. The van der Waals surface area contributed by atoms with E-state index in [0.29, 0.717) is 49.4 Å². The molecule has 43 heavy (non-hydrogen) atoms. The van der Waals surface area contributed by atoms with E-state index < -0.39 is 17.7 Å². The summed E-state index contributed by atoms with van der Waals surface area (Å²) in [6.07, 6.45) is 1.61. The zero-order valence-electron chi connectivity index (χ0n) is 22.8. The Morgan fingerprint density at radius 1 is 1.07 bits per heavy atom. The second-order valence-corrected chi connectivity index (χ2v) is 12.2. The molecule has 1 aliphatic rings. The van der Waals surface area contributed by atoms with Crippen LogP contribution in [0.1, 0.15) is 29.7 Å². The van der Waals surface area contributed by atoms with Gasteiger partial charge in [-0.15, -0.1) is 10.2 Å². The molecule has 0 aliphatic carbocycles. The molecule has 12 heteroatoms. The quantitative estimate of drug-likeness (QED) is 0.0438. The van der Waals surface area contributed by atoms with Crippen molar-refractivity contribution < 1.29 is 24.2 Å². The molecule has 3 aromatic carbocycles. The zero-order valence-corrected chi connectivity index (χ0v) is 26.0. The molecule has 1 unspecified atom stereocenters. The molecule has 1 N–H and O–H groups in total. The predicted molar refractivity (Wildman–Crippen MR) is 170 cm³/mol. The monoisotopic (exact) mass is 653 g/mol. The van der Waals surface area contributed by atoms with E-state index >= 15 is 0 Å². The number of thioether (sulfide) groups is 1. The number of carbonyl (C=O) groups excluding carboxylic acids is 2. The molecule has 1 aliphatic heterocycles. The van der Waals surface area contributed by atoms with Gasteiger partial charge in [-0.05, 0) is 60.5 Å². The Morgan fingerprint density at radius 3 is 2.56 bits per heavy atom. The molecule has 4 aromatic rings. The van der Waals surface area contributed by atoms with Crippen molar-refractivity contribution in [1.29, 1.82) is 0 Å². The van der Waals surface area contributed by atoms with Crippen molar-refractivity contribution in [3.63, 3.8) is 0 Å². The summed E-state index contributed by atoms with van der Waals surface area (Å²) in [5, 5.41) is 21.2. The van der Waals surface area contributed by atoms with Crippen molar-refractivity contribution in [2.24, 2.45) is 0 Å². The molecule has 0 spiro atoms. The van der Waals surface area contributed by atoms with Gasteiger partial charge >= 0.3 is 5.91 Å². The van der Waals surface area contributed by atoms with Gasteiger partial charge in [-0.2, -0.15) is 0 Å². The summed E-state index contributed by atoms with van der Waals surface area (Å²) >= 11 is 14.9. The molecule has 8 nitrogen and oxygen atoms in total. The molecule has 0 radical (unpaired) electrons. The van der Waals surface area contributed by atoms with Crippen LogP contribution in [-0.4, -0.2) is 40.2 Å². The van der Waals surface area contributed by atoms with Gasteiger partial charge in [-0.3, -0.25) is 14.5 Å². The number of halogens is 2. The van der Waals surface area contributed by atoms with Crippen LogP contribution in [0, 0.1) is 0 Å².